The third kappa shape index (κ3) is 3.47. The molecular formula is C20H17NO2S. The van der Waals surface area contributed by atoms with Crippen LogP contribution in [0.15, 0.2) is 60.7 Å². The average Bonchev–Trinajstić information content (AvgIpc) is 2.62. The second-order valence-corrected chi connectivity index (χ2v) is 6.97. The van der Waals surface area contributed by atoms with E-state index in [-0.39, 0.29) is 0 Å². The van der Waals surface area contributed by atoms with Crippen LogP contribution in [0, 0.1) is 11.3 Å². The SMILES string of the molecule is COc1ccc(CS(=O)Cc2cccc3ccccc23)cc1C#N. The number of hydrogen-bond donors (Lipinski definition) is 0. The van der Waals surface area contributed by atoms with Gasteiger partial charge < -0.3 is 4.74 Å². The van der Waals surface area contributed by atoms with Gasteiger partial charge in [0.1, 0.15) is 11.8 Å². The molecule has 24 heavy (non-hydrogen) atoms. The normalized spacial score (nSPS) is 11.8. The summed E-state index contributed by atoms with van der Waals surface area (Å²) in [5.41, 5.74) is 2.43. The highest BCUT2D eigenvalue weighted by Crippen LogP contribution is 2.22. The molecule has 0 N–H and O–H groups in total. The Balaban J connectivity index is 1.80. The second-order valence-electron chi connectivity index (χ2n) is 5.51. The van der Waals surface area contributed by atoms with Crippen LogP contribution in [0.1, 0.15) is 16.7 Å². The van der Waals surface area contributed by atoms with Gasteiger partial charge in [0, 0.05) is 22.3 Å². The molecule has 0 heterocycles. The Hall–Kier alpha value is -2.64. The topological polar surface area (TPSA) is 50.1 Å². The summed E-state index contributed by atoms with van der Waals surface area (Å²) in [7, 11) is 0.489. The molecule has 4 heteroatoms. The summed E-state index contributed by atoms with van der Waals surface area (Å²) in [6, 6.07) is 21.7. The third-order valence-electron chi connectivity index (χ3n) is 3.91. The van der Waals surface area contributed by atoms with Gasteiger partial charge in [0.15, 0.2) is 0 Å². The van der Waals surface area contributed by atoms with Crippen LogP contribution >= 0.6 is 0 Å². The van der Waals surface area contributed by atoms with Crippen molar-refractivity contribution in [2.45, 2.75) is 11.5 Å². The molecule has 0 aliphatic carbocycles. The highest BCUT2D eigenvalue weighted by Gasteiger charge is 2.09. The molecule has 0 saturated heterocycles. The van der Waals surface area contributed by atoms with Gasteiger partial charge in [0.25, 0.3) is 0 Å². The van der Waals surface area contributed by atoms with E-state index in [1.165, 1.54) is 7.11 Å². The van der Waals surface area contributed by atoms with Gasteiger partial charge in [-0.3, -0.25) is 4.21 Å². The fourth-order valence-corrected chi connectivity index (χ4v) is 4.01. The maximum atomic E-state index is 12.6. The van der Waals surface area contributed by atoms with E-state index >= 15 is 0 Å². The van der Waals surface area contributed by atoms with Crippen molar-refractivity contribution < 1.29 is 8.95 Å². The Morgan fingerprint density at radius 2 is 1.83 bits per heavy atom. The molecule has 0 radical (unpaired) electrons. The van der Waals surface area contributed by atoms with Crippen LogP contribution < -0.4 is 4.74 Å². The van der Waals surface area contributed by atoms with E-state index in [0.29, 0.717) is 22.8 Å². The Morgan fingerprint density at radius 3 is 2.62 bits per heavy atom. The molecule has 3 nitrogen and oxygen atoms in total. The zero-order chi connectivity index (χ0) is 16.9. The van der Waals surface area contributed by atoms with Crippen molar-refractivity contribution in [3.8, 4) is 11.8 Å². The lowest BCUT2D eigenvalue weighted by molar-refractivity contribution is 0.413. The third-order valence-corrected chi connectivity index (χ3v) is 5.20. The number of benzene rings is 3. The summed E-state index contributed by atoms with van der Waals surface area (Å²) in [5.74, 6) is 1.46. The van der Waals surface area contributed by atoms with Crippen LogP contribution in [-0.4, -0.2) is 11.3 Å². The first-order valence-electron chi connectivity index (χ1n) is 7.60. The summed E-state index contributed by atoms with van der Waals surface area (Å²) in [4.78, 5) is 0. The largest absolute Gasteiger partial charge is 0.495 e. The first kappa shape index (κ1) is 16.2. The summed E-state index contributed by atoms with van der Waals surface area (Å²) < 4.78 is 17.7. The van der Waals surface area contributed by atoms with Gasteiger partial charge in [-0.15, -0.1) is 0 Å². The molecule has 120 valence electrons. The van der Waals surface area contributed by atoms with Gasteiger partial charge in [-0.05, 0) is 34.0 Å². The van der Waals surface area contributed by atoms with Crippen molar-refractivity contribution >= 4 is 21.6 Å². The minimum Gasteiger partial charge on any atom is -0.495 e. The zero-order valence-corrected chi connectivity index (χ0v) is 14.2. The molecule has 1 atom stereocenters. The first-order valence-corrected chi connectivity index (χ1v) is 9.08. The fraction of sp³-hybridized carbons (Fsp3) is 0.150. The Morgan fingerprint density at radius 1 is 1.04 bits per heavy atom. The molecule has 0 aliphatic heterocycles. The first-order chi connectivity index (χ1) is 11.7. The predicted octanol–water partition coefficient (Wildman–Crippen LogP) is 4.17. The molecule has 0 aromatic heterocycles. The zero-order valence-electron chi connectivity index (χ0n) is 13.4. The van der Waals surface area contributed by atoms with Gasteiger partial charge in [-0.1, -0.05) is 48.5 Å². The number of nitrogens with zero attached hydrogens (tertiary/aromatic N) is 1. The molecule has 0 amide bonds. The fourth-order valence-electron chi connectivity index (χ4n) is 2.76. The average molecular weight is 335 g/mol. The van der Waals surface area contributed by atoms with Crippen molar-refractivity contribution in [2.24, 2.45) is 0 Å². The maximum Gasteiger partial charge on any atom is 0.136 e. The van der Waals surface area contributed by atoms with Crippen molar-refractivity contribution in [1.29, 1.82) is 5.26 Å². The minimum absolute atomic E-state index is 0.419. The standard InChI is InChI=1S/C20H17NO2S/c1-23-20-10-9-15(11-18(20)12-21)13-24(22)14-17-7-4-6-16-5-2-3-8-19(16)17/h2-11H,13-14H2,1H3. The molecule has 3 aromatic rings. The van der Waals surface area contributed by atoms with Gasteiger partial charge in [-0.25, -0.2) is 0 Å². The summed E-state index contributed by atoms with van der Waals surface area (Å²) >= 11 is 0. The van der Waals surface area contributed by atoms with Gasteiger partial charge in [0.2, 0.25) is 0 Å². The van der Waals surface area contributed by atoms with Crippen molar-refractivity contribution in [2.75, 3.05) is 7.11 Å². The van der Waals surface area contributed by atoms with E-state index in [4.69, 9.17) is 10.00 Å². The molecule has 0 fully saturated rings. The number of ether oxygens (including phenoxy) is 1. The van der Waals surface area contributed by atoms with E-state index in [0.717, 1.165) is 21.9 Å². The molecule has 0 bridgehead atoms. The van der Waals surface area contributed by atoms with Crippen molar-refractivity contribution in [3.05, 3.63) is 77.4 Å². The minimum atomic E-state index is -1.05. The lowest BCUT2D eigenvalue weighted by atomic mass is 10.1. The number of nitriles is 1. The molecule has 0 saturated carbocycles. The summed E-state index contributed by atoms with van der Waals surface area (Å²) in [6.07, 6.45) is 0. The van der Waals surface area contributed by atoms with Gasteiger partial charge >= 0.3 is 0 Å². The quantitative estimate of drug-likeness (QED) is 0.703. The van der Waals surface area contributed by atoms with Gasteiger partial charge in [-0.2, -0.15) is 5.26 Å². The van der Waals surface area contributed by atoms with Crippen molar-refractivity contribution in [3.63, 3.8) is 0 Å². The van der Waals surface area contributed by atoms with E-state index in [2.05, 4.69) is 24.3 Å². The Kier molecular flexibility index (Phi) is 4.93. The molecule has 3 rings (SSSR count). The van der Waals surface area contributed by atoms with Crippen LogP contribution in [0.25, 0.3) is 10.8 Å². The molecule has 3 aromatic carbocycles. The molecule has 0 spiro atoms. The van der Waals surface area contributed by atoms with Crippen LogP contribution in [0.4, 0.5) is 0 Å². The Bertz CT molecular complexity index is 939. The second kappa shape index (κ2) is 7.29. The molecular weight excluding hydrogens is 318 g/mol. The van der Waals surface area contributed by atoms with E-state index in [9.17, 15) is 4.21 Å². The summed E-state index contributed by atoms with van der Waals surface area (Å²) in [5, 5.41) is 11.5. The predicted molar refractivity (Wildman–Crippen MR) is 97.2 cm³/mol. The van der Waals surface area contributed by atoms with E-state index in [1.807, 2.05) is 30.3 Å². The van der Waals surface area contributed by atoms with Gasteiger partial charge in [0.05, 0.1) is 12.7 Å². The van der Waals surface area contributed by atoms with E-state index < -0.39 is 10.8 Å². The molecule has 1 unspecified atom stereocenters. The van der Waals surface area contributed by atoms with E-state index in [1.54, 1.807) is 12.1 Å². The van der Waals surface area contributed by atoms with Crippen LogP contribution in [0.3, 0.4) is 0 Å². The van der Waals surface area contributed by atoms with Crippen LogP contribution in [0.2, 0.25) is 0 Å². The summed E-state index contributed by atoms with van der Waals surface area (Å²) in [6.45, 7) is 0. The van der Waals surface area contributed by atoms with Crippen molar-refractivity contribution in [1.82, 2.24) is 0 Å². The number of methoxy groups -OCH3 is 1. The Labute approximate surface area is 144 Å². The highest BCUT2D eigenvalue weighted by atomic mass is 32.2. The molecule has 0 aliphatic rings. The number of fused-ring (bicyclic) bond motifs is 1. The number of rotatable bonds is 5. The van der Waals surface area contributed by atoms with Crippen LogP contribution in [-0.2, 0) is 22.3 Å². The number of hydrogen-bond acceptors (Lipinski definition) is 3. The lowest BCUT2D eigenvalue weighted by Crippen LogP contribution is -2.01. The lowest BCUT2D eigenvalue weighted by Gasteiger charge is -2.08. The van der Waals surface area contributed by atoms with Crippen LogP contribution in [0.5, 0.6) is 5.75 Å². The maximum absolute atomic E-state index is 12.6. The highest BCUT2D eigenvalue weighted by molar-refractivity contribution is 7.83. The smallest absolute Gasteiger partial charge is 0.136 e. The monoisotopic (exact) mass is 335 g/mol.